The molecular formula is C15H17NO2S. The van der Waals surface area contributed by atoms with Crippen molar-refractivity contribution in [3.8, 4) is 10.6 Å². The Kier molecular flexibility index (Phi) is 4.32. The van der Waals surface area contributed by atoms with Crippen molar-refractivity contribution < 1.29 is 9.90 Å². The van der Waals surface area contributed by atoms with E-state index in [9.17, 15) is 4.79 Å². The van der Waals surface area contributed by atoms with E-state index in [1.807, 2.05) is 12.1 Å². The quantitative estimate of drug-likeness (QED) is 0.896. The molecule has 0 atom stereocenters. The summed E-state index contributed by atoms with van der Waals surface area (Å²) in [6, 6.07) is 6.92. The topological polar surface area (TPSA) is 50.2 Å². The number of rotatable bonds is 5. The molecule has 1 aromatic heterocycles. The zero-order chi connectivity index (χ0) is 13.8. The van der Waals surface area contributed by atoms with Gasteiger partial charge >= 0.3 is 5.97 Å². The van der Waals surface area contributed by atoms with Crippen molar-refractivity contribution in [2.45, 2.75) is 33.1 Å². The van der Waals surface area contributed by atoms with Crippen LogP contribution in [0.1, 0.15) is 41.2 Å². The molecule has 0 amide bonds. The van der Waals surface area contributed by atoms with Crippen LogP contribution in [0.15, 0.2) is 24.3 Å². The van der Waals surface area contributed by atoms with Gasteiger partial charge in [0, 0.05) is 10.4 Å². The minimum absolute atomic E-state index is 0.310. The van der Waals surface area contributed by atoms with Crippen LogP contribution in [0.25, 0.3) is 10.6 Å². The summed E-state index contributed by atoms with van der Waals surface area (Å²) in [5.74, 6) is -0.897. The molecule has 0 aliphatic heterocycles. The summed E-state index contributed by atoms with van der Waals surface area (Å²) in [5.41, 5.74) is 2.49. The van der Waals surface area contributed by atoms with Crippen molar-refractivity contribution in [1.82, 2.24) is 4.98 Å². The Morgan fingerprint density at radius 1 is 1.26 bits per heavy atom. The lowest BCUT2D eigenvalue weighted by atomic mass is 10.1. The molecule has 0 spiro atoms. The summed E-state index contributed by atoms with van der Waals surface area (Å²) < 4.78 is 0. The second-order valence-electron chi connectivity index (χ2n) is 4.37. The number of nitrogens with zero attached hydrogens (tertiary/aromatic N) is 1. The van der Waals surface area contributed by atoms with Crippen LogP contribution in [0.2, 0.25) is 0 Å². The maximum atomic E-state index is 10.8. The van der Waals surface area contributed by atoms with Gasteiger partial charge in [-0.05, 0) is 25.0 Å². The van der Waals surface area contributed by atoms with E-state index in [0.29, 0.717) is 5.56 Å². The van der Waals surface area contributed by atoms with Crippen LogP contribution in [0.5, 0.6) is 0 Å². The van der Waals surface area contributed by atoms with Crippen molar-refractivity contribution in [1.29, 1.82) is 0 Å². The van der Waals surface area contributed by atoms with Crippen LogP contribution in [0, 0.1) is 0 Å². The van der Waals surface area contributed by atoms with E-state index in [1.54, 1.807) is 23.5 Å². The van der Waals surface area contributed by atoms with E-state index in [0.717, 1.165) is 29.8 Å². The van der Waals surface area contributed by atoms with E-state index in [-0.39, 0.29) is 0 Å². The van der Waals surface area contributed by atoms with E-state index in [4.69, 9.17) is 5.11 Å². The second-order valence-corrected chi connectivity index (χ2v) is 5.46. The Hall–Kier alpha value is -1.68. The highest BCUT2D eigenvalue weighted by atomic mass is 32.1. The van der Waals surface area contributed by atoms with Gasteiger partial charge in [0.15, 0.2) is 0 Å². The van der Waals surface area contributed by atoms with Crippen LogP contribution < -0.4 is 0 Å². The van der Waals surface area contributed by atoms with Gasteiger partial charge in [-0.25, -0.2) is 9.78 Å². The summed E-state index contributed by atoms with van der Waals surface area (Å²) in [5, 5.41) is 9.87. The van der Waals surface area contributed by atoms with E-state index in [1.165, 1.54) is 10.6 Å². The summed E-state index contributed by atoms with van der Waals surface area (Å²) in [6.45, 7) is 4.30. The standard InChI is InChI=1S/C15H17NO2S/c1-3-5-12-13(4-2)19-14(16-12)10-6-8-11(9-7-10)15(17)18/h6-9H,3-5H2,1-2H3,(H,17,18). The predicted molar refractivity (Wildman–Crippen MR) is 77.9 cm³/mol. The molecule has 1 aromatic carbocycles. The molecule has 0 aliphatic rings. The molecule has 3 nitrogen and oxygen atoms in total. The molecule has 1 heterocycles. The highest BCUT2D eigenvalue weighted by Gasteiger charge is 2.11. The minimum atomic E-state index is -0.897. The van der Waals surface area contributed by atoms with Gasteiger partial charge in [-0.3, -0.25) is 0 Å². The Morgan fingerprint density at radius 3 is 2.47 bits per heavy atom. The number of carboxylic acid groups (broad SMARTS) is 1. The fourth-order valence-electron chi connectivity index (χ4n) is 1.97. The Balaban J connectivity index is 2.33. The fourth-order valence-corrected chi connectivity index (χ4v) is 3.02. The van der Waals surface area contributed by atoms with Gasteiger partial charge in [0.1, 0.15) is 5.01 Å². The summed E-state index contributed by atoms with van der Waals surface area (Å²) >= 11 is 1.71. The molecule has 2 aromatic rings. The molecule has 19 heavy (non-hydrogen) atoms. The first kappa shape index (κ1) is 13.7. The zero-order valence-electron chi connectivity index (χ0n) is 11.1. The van der Waals surface area contributed by atoms with E-state index < -0.39 is 5.97 Å². The third kappa shape index (κ3) is 3.01. The summed E-state index contributed by atoms with van der Waals surface area (Å²) in [6.07, 6.45) is 3.10. The smallest absolute Gasteiger partial charge is 0.335 e. The van der Waals surface area contributed by atoms with Crippen LogP contribution in [0.4, 0.5) is 0 Å². The second kappa shape index (κ2) is 5.97. The monoisotopic (exact) mass is 275 g/mol. The summed E-state index contributed by atoms with van der Waals surface area (Å²) in [4.78, 5) is 16.8. The van der Waals surface area contributed by atoms with Gasteiger partial charge in [-0.15, -0.1) is 11.3 Å². The van der Waals surface area contributed by atoms with Crippen LogP contribution in [-0.2, 0) is 12.8 Å². The number of carboxylic acids is 1. The lowest BCUT2D eigenvalue weighted by Crippen LogP contribution is -1.94. The number of aryl methyl sites for hydroxylation is 2. The number of benzene rings is 1. The largest absolute Gasteiger partial charge is 0.478 e. The molecule has 0 saturated carbocycles. The van der Waals surface area contributed by atoms with E-state index >= 15 is 0 Å². The van der Waals surface area contributed by atoms with Gasteiger partial charge in [0.2, 0.25) is 0 Å². The Morgan fingerprint density at radius 2 is 1.95 bits per heavy atom. The van der Waals surface area contributed by atoms with E-state index in [2.05, 4.69) is 18.8 Å². The molecule has 0 fully saturated rings. The SMILES string of the molecule is CCCc1nc(-c2ccc(C(=O)O)cc2)sc1CC. The van der Waals surface area contributed by atoms with Gasteiger partial charge in [0.25, 0.3) is 0 Å². The van der Waals surface area contributed by atoms with Crippen LogP contribution in [-0.4, -0.2) is 16.1 Å². The van der Waals surface area contributed by atoms with Gasteiger partial charge in [-0.2, -0.15) is 0 Å². The molecular weight excluding hydrogens is 258 g/mol. The highest BCUT2D eigenvalue weighted by Crippen LogP contribution is 2.29. The van der Waals surface area contributed by atoms with Crippen LogP contribution >= 0.6 is 11.3 Å². The number of thiazole rings is 1. The first-order chi connectivity index (χ1) is 9.15. The van der Waals surface area contributed by atoms with Crippen molar-refractivity contribution in [2.24, 2.45) is 0 Å². The molecule has 1 N–H and O–H groups in total. The zero-order valence-corrected chi connectivity index (χ0v) is 12.0. The number of hydrogen-bond acceptors (Lipinski definition) is 3. The normalized spacial score (nSPS) is 10.6. The first-order valence-electron chi connectivity index (χ1n) is 6.48. The third-order valence-corrected chi connectivity index (χ3v) is 4.26. The van der Waals surface area contributed by atoms with Gasteiger partial charge in [0.05, 0.1) is 11.3 Å². The van der Waals surface area contributed by atoms with Crippen molar-refractivity contribution in [3.63, 3.8) is 0 Å². The predicted octanol–water partition coefficient (Wildman–Crippen LogP) is 4.02. The van der Waals surface area contributed by atoms with Crippen LogP contribution in [0.3, 0.4) is 0 Å². The highest BCUT2D eigenvalue weighted by molar-refractivity contribution is 7.15. The maximum Gasteiger partial charge on any atom is 0.335 e. The lowest BCUT2D eigenvalue weighted by molar-refractivity contribution is 0.0697. The molecule has 4 heteroatoms. The minimum Gasteiger partial charge on any atom is -0.478 e. The first-order valence-corrected chi connectivity index (χ1v) is 7.29. The molecule has 0 radical (unpaired) electrons. The molecule has 100 valence electrons. The third-order valence-electron chi connectivity index (χ3n) is 2.96. The number of aromatic nitrogens is 1. The van der Waals surface area contributed by atoms with Crippen molar-refractivity contribution in [3.05, 3.63) is 40.4 Å². The van der Waals surface area contributed by atoms with Crippen molar-refractivity contribution in [2.75, 3.05) is 0 Å². The van der Waals surface area contributed by atoms with Gasteiger partial charge < -0.3 is 5.11 Å². The average Bonchev–Trinajstić information content (AvgIpc) is 2.82. The Bertz CT molecular complexity index is 572. The number of aromatic carboxylic acids is 1. The fraction of sp³-hybridized carbons (Fsp3) is 0.333. The molecule has 2 rings (SSSR count). The molecule has 0 saturated heterocycles. The average molecular weight is 275 g/mol. The van der Waals surface area contributed by atoms with Crippen molar-refractivity contribution >= 4 is 17.3 Å². The summed E-state index contributed by atoms with van der Waals surface area (Å²) in [7, 11) is 0. The van der Waals surface area contributed by atoms with Gasteiger partial charge in [-0.1, -0.05) is 32.4 Å². The molecule has 0 unspecified atom stereocenters. The maximum absolute atomic E-state index is 10.8. The molecule has 0 bridgehead atoms. The number of carbonyl (C=O) groups is 1. The number of hydrogen-bond donors (Lipinski definition) is 1. The lowest BCUT2D eigenvalue weighted by Gasteiger charge is -1.97. The molecule has 0 aliphatic carbocycles. The Labute approximate surface area is 116 Å².